The van der Waals surface area contributed by atoms with E-state index < -0.39 is 36.5 Å². The molecule has 2 aromatic carbocycles. The van der Waals surface area contributed by atoms with Crippen molar-refractivity contribution in [3.8, 4) is 0 Å². The number of aliphatic hydroxyl groups is 1. The zero-order valence-electron chi connectivity index (χ0n) is 18.1. The molecular weight excluding hydrogens is 476 g/mol. The minimum Gasteiger partial charge on any atom is -0.459 e. The van der Waals surface area contributed by atoms with E-state index in [0.717, 1.165) is 0 Å². The number of benzene rings is 2. The van der Waals surface area contributed by atoms with Crippen LogP contribution in [-0.2, 0) is 14.2 Å². The summed E-state index contributed by atoms with van der Waals surface area (Å²) in [5, 5.41) is 11.2. The van der Waals surface area contributed by atoms with Gasteiger partial charge >= 0.3 is 11.9 Å². The number of hydrogen-bond donors (Lipinski definition) is 1. The van der Waals surface area contributed by atoms with Crippen molar-refractivity contribution < 1.29 is 28.9 Å². The topological polar surface area (TPSA) is 126 Å². The maximum absolute atomic E-state index is 12.8. The van der Waals surface area contributed by atoms with Crippen LogP contribution in [0.1, 0.15) is 26.9 Å². The van der Waals surface area contributed by atoms with E-state index in [9.17, 15) is 14.7 Å². The highest BCUT2D eigenvalue weighted by Gasteiger charge is 2.48. The molecule has 0 amide bonds. The third-order valence-corrected chi connectivity index (χ3v) is 5.82. The molecule has 0 radical (unpaired) electrons. The zero-order valence-corrected chi connectivity index (χ0v) is 18.9. The molecule has 1 aliphatic heterocycles. The molecule has 0 unspecified atom stereocenters. The number of fused-ring (bicyclic) bond motifs is 1. The molecule has 11 heteroatoms. The lowest BCUT2D eigenvalue weighted by atomic mass is 10.1. The Labute approximate surface area is 204 Å². The number of halogens is 1. The van der Waals surface area contributed by atoms with Crippen LogP contribution >= 0.6 is 11.6 Å². The maximum atomic E-state index is 12.8. The summed E-state index contributed by atoms with van der Waals surface area (Å²) < 4.78 is 18.5. The first-order chi connectivity index (χ1) is 17.0. The van der Waals surface area contributed by atoms with Crippen molar-refractivity contribution in [1.82, 2.24) is 19.5 Å². The summed E-state index contributed by atoms with van der Waals surface area (Å²) in [7, 11) is 0. The van der Waals surface area contributed by atoms with Crippen LogP contribution in [0.2, 0.25) is 5.15 Å². The molecule has 0 spiro atoms. The molecule has 1 fully saturated rings. The van der Waals surface area contributed by atoms with Crippen LogP contribution in [0.4, 0.5) is 0 Å². The van der Waals surface area contributed by atoms with Crippen LogP contribution in [0, 0.1) is 0 Å². The number of nitrogens with zero attached hydrogens (tertiary/aromatic N) is 4. The first-order valence-electron chi connectivity index (χ1n) is 10.7. The Bertz CT molecular complexity index is 1350. The molecule has 4 atom stereocenters. The van der Waals surface area contributed by atoms with Gasteiger partial charge in [-0.25, -0.2) is 24.5 Å². The molecule has 0 saturated carbocycles. The smallest absolute Gasteiger partial charge is 0.338 e. The Morgan fingerprint density at radius 1 is 0.971 bits per heavy atom. The molecule has 2 aromatic heterocycles. The minimum absolute atomic E-state index is 0.137. The van der Waals surface area contributed by atoms with Crippen LogP contribution < -0.4 is 0 Å². The number of imidazole rings is 1. The van der Waals surface area contributed by atoms with Crippen molar-refractivity contribution in [1.29, 1.82) is 0 Å². The fourth-order valence-corrected chi connectivity index (χ4v) is 3.97. The lowest BCUT2D eigenvalue weighted by molar-refractivity contribution is -0.0601. The van der Waals surface area contributed by atoms with Crippen molar-refractivity contribution in [2.45, 2.75) is 24.5 Å². The molecule has 0 aliphatic carbocycles. The van der Waals surface area contributed by atoms with Crippen LogP contribution in [0.25, 0.3) is 11.2 Å². The molecule has 3 heterocycles. The van der Waals surface area contributed by atoms with E-state index in [0.29, 0.717) is 22.3 Å². The molecular formula is C24H19ClN4O6. The van der Waals surface area contributed by atoms with Gasteiger partial charge in [0.15, 0.2) is 23.1 Å². The first kappa shape index (κ1) is 22.9. The highest BCUT2D eigenvalue weighted by atomic mass is 35.5. The van der Waals surface area contributed by atoms with Gasteiger partial charge in [0.1, 0.15) is 30.7 Å². The van der Waals surface area contributed by atoms with Gasteiger partial charge in [-0.05, 0) is 24.3 Å². The van der Waals surface area contributed by atoms with E-state index in [4.69, 9.17) is 25.8 Å². The van der Waals surface area contributed by atoms with Crippen LogP contribution in [0.15, 0.2) is 73.3 Å². The number of ether oxygens (including phenoxy) is 3. The fourth-order valence-electron chi connectivity index (χ4n) is 3.80. The second kappa shape index (κ2) is 9.79. The summed E-state index contributed by atoms with van der Waals surface area (Å²) in [4.78, 5) is 37.5. The lowest BCUT2D eigenvalue weighted by Crippen LogP contribution is -2.37. The molecule has 0 bridgehead atoms. The normalized spacial score (nSPS) is 21.7. The first-order valence-corrected chi connectivity index (χ1v) is 11.1. The number of carbonyl (C=O) groups is 2. The Kier molecular flexibility index (Phi) is 6.41. The lowest BCUT2D eigenvalue weighted by Gasteiger charge is -2.22. The Morgan fingerprint density at radius 3 is 2.31 bits per heavy atom. The molecule has 178 valence electrons. The van der Waals surface area contributed by atoms with E-state index in [1.807, 2.05) is 0 Å². The summed E-state index contributed by atoms with van der Waals surface area (Å²) in [6, 6.07) is 16.8. The van der Waals surface area contributed by atoms with Gasteiger partial charge in [0, 0.05) is 0 Å². The summed E-state index contributed by atoms with van der Waals surface area (Å²) in [6.07, 6.45) is -1.81. The minimum atomic E-state index is -1.31. The van der Waals surface area contributed by atoms with Crippen LogP contribution in [0.3, 0.4) is 0 Å². The summed E-state index contributed by atoms with van der Waals surface area (Å²) in [5.74, 6) is -1.22. The van der Waals surface area contributed by atoms with Gasteiger partial charge < -0.3 is 19.3 Å². The van der Waals surface area contributed by atoms with Gasteiger partial charge in [-0.3, -0.25) is 4.57 Å². The third-order valence-electron chi connectivity index (χ3n) is 5.54. The second-order valence-electron chi connectivity index (χ2n) is 7.74. The number of aliphatic hydroxyl groups excluding tert-OH is 1. The van der Waals surface area contributed by atoms with Gasteiger partial charge in [-0.15, -0.1) is 0 Å². The van der Waals surface area contributed by atoms with E-state index >= 15 is 0 Å². The van der Waals surface area contributed by atoms with Crippen molar-refractivity contribution in [3.63, 3.8) is 0 Å². The van der Waals surface area contributed by atoms with Crippen molar-refractivity contribution in [2.75, 3.05) is 6.61 Å². The van der Waals surface area contributed by atoms with Gasteiger partial charge in [0.05, 0.1) is 17.5 Å². The molecule has 1 saturated heterocycles. The summed E-state index contributed by atoms with van der Waals surface area (Å²) in [6.45, 7) is -0.271. The van der Waals surface area contributed by atoms with E-state index in [1.165, 1.54) is 17.2 Å². The molecule has 5 rings (SSSR count). The molecule has 4 aromatic rings. The van der Waals surface area contributed by atoms with Gasteiger partial charge in [-0.1, -0.05) is 48.0 Å². The Hall–Kier alpha value is -3.86. The van der Waals surface area contributed by atoms with Gasteiger partial charge in [-0.2, -0.15) is 0 Å². The SMILES string of the molecule is O=C(OC[C@H]1O[C@@H](n2cnc3c(Cl)ncnc32)[C@H](OC(=O)c2ccccc2)[C@@H]1O)c1ccccc1. The molecule has 1 aliphatic rings. The van der Waals surface area contributed by atoms with E-state index in [-0.39, 0.29) is 11.8 Å². The number of hydrogen-bond acceptors (Lipinski definition) is 9. The van der Waals surface area contributed by atoms with Crippen molar-refractivity contribution >= 4 is 34.7 Å². The summed E-state index contributed by atoms with van der Waals surface area (Å²) in [5.41, 5.74) is 1.30. The fraction of sp³-hybridized carbons (Fsp3) is 0.208. The summed E-state index contributed by atoms with van der Waals surface area (Å²) >= 11 is 6.12. The average molecular weight is 495 g/mol. The Morgan fingerprint density at radius 2 is 1.63 bits per heavy atom. The predicted molar refractivity (Wildman–Crippen MR) is 123 cm³/mol. The average Bonchev–Trinajstić information content (AvgIpc) is 3.45. The van der Waals surface area contributed by atoms with E-state index in [1.54, 1.807) is 60.7 Å². The number of carbonyl (C=O) groups excluding carboxylic acids is 2. The monoisotopic (exact) mass is 494 g/mol. The highest BCUT2D eigenvalue weighted by Crippen LogP contribution is 2.35. The number of esters is 2. The van der Waals surface area contributed by atoms with E-state index in [2.05, 4.69) is 15.0 Å². The van der Waals surface area contributed by atoms with Crippen LogP contribution in [0.5, 0.6) is 0 Å². The molecule has 1 N–H and O–H groups in total. The highest BCUT2D eigenvalue weighted by molar-refractivity contribution is 6.33. The van der Waals surface area contributed by atoms with Crippen molar-refractivity contribution in [2.24, 2.45) is 0 Å². The van der Waals surface area contributed by atoms with Crippen molar-refractivity contribution in [3.05, 3.63) is 89.6 Å². The largest absolute Gasteiger partial charge is 0.459 e. The standard InChI is InChI=1S/C24H19ClN4O6/c25-20-17-21(27-12-26-20)29(13-28-17)22-19(35-24(32)15-9-5-2-6-10-15)18(30)16(34-22)11-33-23(31)14-7-3-1-4-8-14/h1-10,12-13,16,18-19,22,30H,11H2/t16-,18-,19-,22-/m1/s1. The number of aromatic nitrogens is 4. The molecule has 35 heavy (non-hydrogen) atoms. The molecule has 10 nitrogen and oxygen atoms in total. The van der Waals surface area contributed by atoms with Crippen LogP contribution in [-0.4, -0.2) is 61.5 Å². The second-order valence-corrected chi connectivity index (χ2v) is 8.10. The third kappa shape index (κ3) is 4.59. The van der Waals surface area contributed by atoms with Gasteiger partial charge in [0.25, 0.3) is 0 Å². The number of rotatable bonds is 6. The van der Waals surface area contributed by atoms with Gasteiger partial charge in [0.2, 0.25) is 0 Å². The zero-order chi connectivity index (χ0) is 24.4. The maximum Gasteiger partial charge on any atom is 0.338 e. The Balaban J connectivity index is 1.41. The predicted octanol–water partition coefficient (Wildman–Crippen LogP) is 2.82. The quantitative estimate of drug-likeness (QED) is 0.318.